The van der Waals surface area contributed by atoms with Gasteiger partial charge >= 0.3 is 0 Å². The van der Waals surface area contributed by atoms with Crippen molar-refractivity contribution in [2.75, 3.05) is 19.6 Å². The third kappa shape index (κ3) is 3.55. The molecule has 0 bridgehead atoms. The van der Waals surface area contributed by atoms with E-state index in [0.717, 1.165) is 25.4 Å². The summed E-state index contributed by atoms with van der Waals surface area (Å²) in [4.78, 5) is 2.60. The normalized spacial score (nSPS) is 17.4. The first-order valence-corrected chi connectivity index (χ1v) is 6.84. The van der Waals surface area contributed by atoms with Gasteiger partial charge in [0.15, 0.2) is 0 Å². The lowest BCUT2D eigenvalue weighted by Crippen LogP contribution is -2.32. The lowest BCUT2D eigenvalue weighted by molar-refractivity contribution is 0.191. The van der Waals surface area contributed by atoms with Crippen LogP contribution >= 0.6 is 0 Å². The van der Waals surface area contributed by atoms with Gasteiger partial charge in [-0.15, -0.1) is 0 Å². The summed E-state index contributed by atoms with van der Waals surface area (Å²) < 4.78 is 0. The standard InChI is InChI=1S/C15H24N2/c1-2-17(12-13-8-9-13)15(10-11-16)14-6-4-3-5-7-14/h3-7,13,15H,2,8-12,16H2,1H3. The highest BCUT2D eigenvalue weighted by Crippen LogP contribution is 2.33. The van der Waals surface area contributed by atoms with Crippen molar-refractivity contribution in [1.29, 1.82) is 0 Å². The van der Waals surface area contributed by atoms with E-state index in [0.29, 0.717) is 6.04 Å². The molecular formula is C15H24N2. The van der Waals surface area contributed by atoms with Gasteiger partial charge in [-0.05, 0) is 43.8 Å². The predicted octanol–water partition coefficient (Wildman–Crippen LogP) is 2.81. The Morgan fingerprint density at radius 1 is 1.29 bits per heavy atom. The van der Waals surface area contributed by atoms with Crippen molar-refractivity contribution in [3.8, 4) is 0 Å². The van der Waals surface area contributed by atoms with Gasteiger partial charge in [-0.1, -0.05) is 37.3 Å². The quantitative estimate of drug-likeness (QED) is 0.783. The zero-order valence-electron chi connectivity index (χ0n) is 10.8. The summed E-state index contributed by atoms with van der Waals surface area (Å²) in [6, 6.07) is 11.3. The van der Waals surface area contributed by atoms with Crippen LogP contribution in [0.4, 0.5) is 0 Å². The Bertz CT molecular complexity index is 319. The van der Waals surface area contributed by atoms with E-state index in [1.807, 2.05) is 0 Å². The number of hydrogen-bond donors (Lipinski definition) is 1. The van der Waals surface area contributed by atoms with Gasteiger partial charge in [0.25, 0.3) is 0 Å². The van der Waals surface area contributed by atoms with E-state index in [1.54, 1.807) is 0 Å². The maximum Gasteiger partial charge on any atom is 0.0360 e. The van der Waals surface area contributed by atoms with Crippen LogP contribution in [0.15, 0.2) is 30.3 Å². The Hall–Kier alpha value is -0.860. The fourth-order valence-corrected chi connectivity index (χ4v) is 2.50. The first-order chi connectivity index (χ1) is 8.35. The van der Waals surface area contributed by atoms with Crippen molar-refractivity contribution < 1.29 is 0 Å². The van der Waals surface area contributed by atoms with E-state index in [1.165, 1.54) is 24.9 Å². The van der Waals surface area contributed by atoms with E-state index in [4.69, 9.17) is 5.73 Å². The second kappa shape index (κ2) is 6.18. The molecule has 2 rings (SSSR count). The third-order valence-electron chi connectivity index (χ3n) is 3.66. The van der Waals surface area contributed by atoms with Crippen LogP contribution < -0.4 is 5.73 Å². The highest BCUT2D eigenvalue weighted by molar-refractivity contribution is 5.19. The molecule has 2 N–H and O–H groups in total. The van der Waals surface area contributed by atoms with Crippen LogP contribution in [-0.2, 0) is 0 Å². The molecule has 0 saturated heterocycles. The molecule has 0 amide bonds. The first-order valence-electron chi connectivity index (χ1n) is 6.84. The molecule has 2 heteroatoms. The Kier molecular flexibility index (Phi) is 4.57. The van der Waals surface area contributed by atoms with Crippen LogP contribution in [0.2, 0.25) is 0 Å². The SMILES string of the molecule is CCN(CC1CC1)C(CCN)c1ccccc1. The van der Waals surface area contributed by atoms with Crippen molar-refractivity contribution in [3.05, 3.63) is 35.9 Å². The Balaban J connectivity index is 2.08. The van der Waals surface area contributed by atoms with E-state index < -0.39 is 0 Å². The molecule has 1 aliphatic carbocycles. The molecule has 0 aliphatic heterocycles. The van der Waals surface area contributed by atoms with Gasteiger partial charge in [0, 0.05) is 12.6 Å². The Morgan fingerprint density at radius 3 is 2.53 bits per heavy atom. The number of nitrogens with two attached hydrogens (primary N) is 1. The average Bonchev–Trinajstić information content (AvgIpc) is 3.18. The zero-order chi connectivity index (χ0) is 12.1. The maximum atomic E-state index is 5.78. The molecule has 1 aromatic carbocycles. The van der Waals surface area contributed by atoms with Gasteiger partial charge in [-0.3, -0.25) is 4.90 Å². The zero-order valence-corrected chi connectivity index (χ0v) is 10.8. The van der Waals surface area contributed by atoms with Crippen LogP contribution in [0.25, 0.3) is 0 Å². The number of hydrogen-bond acceptors (Lipinski definition) is 2. The minimum Gasteiger partial charge on any atom is -0.330 e. The van der Waals surface area contributed by atoms with Crippen molar-refractivity contribution in [3.63, 3.8) is 0 Å². The van der Waals surface area contributed by atoms with Gasteiger partial charge in [0.1, 0.15) is 0 Å². The van der Waals surface area contributed by atoms with Gasteiger partial charge in [0.2, 0.25) is 0 Å². The summed E-state index contributed by atoms with van der Waals surface area (Å²) in [6.07, 6.45) is 3.89. The van der Waals surface area contributed by atoms with Gasteiger partial charge in [0.05, 0.1) is 0 Å². The second-order valence-corrected chi connectivity index (χ2v) is 5.03. The molecule has 0 spiro atoms. The van der Waals surface area contributed by atoms with Crippen molar-refractivity contribution >= 4 is 0 Å². The molecule has 1 aliphatic rings. The number of rotatable bonds is 7. The fraction of sp³-hybridized carbons (Fsp3) is 0.600. The van der Waals surface area contributed by atoms with Crippen LogP contribution in [0.3, 0.4) is 0 Å². The van der Waals surface area contributed by atoms with E-state index in [-0.39, 0.29) is 0 Å². The molecule has 1 aromatic rings. The van der Waals surface area contributed by atoms with E-state index >= 15 is 0 Å². The van der Waals surface area contributed by atoms with Crippen LogP contribution in [0.5, 0.6) is 0 Å². The van der Waals surface area contributed by atoms with Crippen molar-refractivity contribution in [2.45, 2.75) is 32.2 Å². The number of benzene rings is 1. The molecule has 0 heterocycles. The maximum absolute atomic E-state index is 5.78. The summed E-state index contributed by atoms with van der Waals surface area (Å²) in [5.41, 5.74) is 7.20. The van der Waals surface area contributed by atoms with Crippen molar-refractivity contribution in [2.24, 2.45) is 11.7 Å². The van der Waals surface area contributed by atoms with Crippen LogP contribution in [-0.4, -0.2) is 24.5 Å². The minimum atomic E-state index is 0.506. The average molecular weight is 232 g/mol. The fourth-order valence-electron chi connectivity index (χ4n) is 2.50. The molecule has 0 radical (unpaired) electrons. The smallest absolute Gasteiger partial charge is 0.0360 e. The summed E-state index contributed by atoms with van der Waals surface area (Å²) in [6.45, 7) is 5.39. The first kappa shape index (κ1) is 12.6. The van der Waals surface area contributed by atoms with E-state index in [2.05, 4.69) is 42.2 Å². The second-order valence-electron chi connectivity index (χ2n) is 5.03. The highest BCUT2D eigenvalue weighted by atomic mass is 15.2. The molecule has 1 fully saturated rings. The molecule has 17 heavy (non-hydrogen) atoms. The third-order valence-corrected chi connectivity index (χ3v) is 3.66. The predicted molar refractivity (Wildman–Crippen MR) is 72.8 cm³/mol. The monoisotopic (exact) mass is 232 g/mol. The molecular weight excluding hydrogens is 208 g/mol. The van der Waals surface area contributed by atoms with Gasteiger partial charge in [-0.2, -0.15) is 0 Å². The summed E-state index contributed by atoms with van der Waals surface area (Å²) in [7, 11) is 0. The molecule has 0 aromatic heterocycles. The summed E-state index contributed by atoms with van der Waals surface area (Å²) in [5.74, 6) is 0.943. The number of nitrogens with zero attached hydrogens (tertiary/aromatic N) is 1. The molecule has 1 saturated carbocycles. The molecule has 1 atom stereocenters. The topological polar surface area (TPSA) is 29.3 Å². The molecule has 94 valence electrons. The lowest BCUT2D eigenvalue weighted by atomic mass is 10.0. The largest absolute Gasteiger partial charge is 0.330 e. The van der Waals surface area contributed by atoms with E-state index in [9.17, 15) is 0 Å². The minimum absolute atomic E-state index is 0.506. The Morgan fingerprint density at radius 2 is 2.00 bits per heavy atom. The lowest BCUT2D eigenvalue weighted by Gasteiger charge is -2.31. The van der Waals surface area contributed by atoms with Crippen molar-refractivity contribution in [1.82, 2.24) is 4.90 Å². The highest BCUT2D eigenvalue weighted by Gasteiger charge is 2.27. The van der Waals surface area contributed by atoms with Gasteiger partial charge < -0.3 is 5.73 Å². The summed E-state index contributed by atoms with van der Waals surface area (Å²) in [5, 5.41) is 0. The van der Waals surface area contributed by atoms with Gasteiger partial charge in [-0.25, -0.2) is 0 Å². The summed E-state index contributed by atoms with van der Waals surface area (Å²) >= 11 is 0. The molecule has 1 unspecified atom stereocenters. The van der Waals surface area contributed by atoms with Crippen LogP contribution in [0, 0.1) is 5.92 Å². The van der Waals surface area contributed by atoms with Crippen LogP contribution in [0.1, 0.15) is 37.8 Å². The Labute approximate surface area is 105 Å². The molecule has 2 nitrogen and oxygen atoms in total.